The molecule has 1 saturated heterocycles. The summed E-state index contributed by atoms with van der Waals surface area (Å²) in [5.41, 5.74) is 0.395. The van der Waals surface area contributed by atoms with Crippen LogP contribution in [0, 0.1) is 5.82 Å². The molecular weight excluding hydrogens is 421 g/mol. The molecule has 3 heterocycles. The molecule has 1 atom stereocenters. The van der Waals surface area contributed by atoms with E-state index < -0.39 is 6.23 Å². The second kappa shape index (κ2) is 8.91. The Kier molecular flexibility index (Phi) is 6.24. The number of hydrogen-bond acceptors (Lipinski definition) is 7. The molecule has 1 aromatic carbocycles. The molecule has 1 aliphatic rings. The maximum Gasteiger partial charge on any atom is 0.329 e. The van der Waals surface area contributed by atoms with Crippen LogP contribution in [0.2, 0.25) is 0 Å². The molecule has 1 unspecified atom stereocenters. The van der Waals surface area contributed by atoms with E-state index in [9.17, 15) is 19.1 Å². The number of nitrogens with zero attached hydrogens (tertiary/aromatic N) is 3. The number of nitrogens with one attached hydrogen (secondary N) is 2. The van der Waals surface area contributed by atoms with Gasteiger partial charge in [-0.05, 0) is 37.7 Å². The Hall–Kier alpha value is -2.53. The molecule has 166 valence electrons. The molecule has 0 amide bonds. The van der Waals surface area contributed by atoms with Crippen molar-refractivity contribution >= 4 is 27.2 Å². The minimum atomic E-state index is -0.891. The van der Waals surface area contributed by atoms with E-state index in [0.717, 1.165) is 18.0 Å². The molecular formula is C21H26FN5O3S. The van der Waals surface area contributed by atoms with Crippen LogP contribution in [0.1, 0.15) is 23.6 Å². The van der Waals surface area contributed by atoms with Gasteiger partial charge in [-0.25, -0.2) is 9.18 Å². The van der Waals surface area contributed by atoms with Gasteiger partial charge in [0.05, 0.1) is 11.1 Å². The second-order valence-corrected chi connectivity index (χ2v) is 8.74. The molecule has 0 bridgehead atoms. The number of thiophene rings is 1. The molecule has 0 aliphatic carbocycles. The first-order chi connectivity index (χ1) is 14.9. The van der Waals surface area contributed by atoms with Gasteiger partial charge in [-0.3, -0.25) is 24.6 Å². The summed E-state index contributed by atoms with van der Waals surface area (Å²) in [7, 11) is 1.61. The zero-order valence-corrected chi connectivity index (χ0v) is 18.3. The molecule has 4 rings (SSSR count). The zero-order valence-electron chi connectivity index (χ0n) is 17.5. The first-order valence-corrected chi connectivity index (χ1v) is 11.1. The van der Waals surface area contributed by atoms with Crippen LogP contribution in [-0.4, -0.2) is 52.8 Å². The summed E-state index contributed by atoms with van der Waals surface area (Å²) in [6.07, 6.45) is -0.891. The van der Waals surface area contributed by atoms with Crippen LogP contribution in [0.25, 0.3) is 10.2 Å². The summed E-state index contributed by atoms with van der Waals surface area (Å²) < 4.78 is 15.8. The lowest BCUT2D eigenvalue weighted by atomic mass is 10.1. The quantitative estimate of drug-likeness (QED) is 0.495. The number of rotatable bonds is 6. The van der Waals surface area contributed by atoms with Gasteiger partial charge in [-0.2, -0.15) is 0 Å². The van der Waals surface area contributed by atoms with E-state index in [0.29, 0.717) is 47.6 Å². The van der Waals surface area contributed by atoms with E-state index in [2.05, 4.69) is 15.2 Å². The van der Waals surface area contributed by atoms with Crippen LogP contribution in [0.4, 0.5) is 10.1 Å². The Morgan fingerprint density at radius 2 is 1.97 bits per heavy atom. The number of benzene rings is 1. The molecule has 10 heteroatoms. The van der Waals surface area contributed by atoms with Gasteiger partial charge in [0.2, 0.25) is 0 Å². The van der Waals surface area contributed by atoms with Gasteiger partial charge in [0.15, 0.2) is 0 Å². The normalized spacial score (nSPS) is 16.2. The van der Waals surface area contributed by atoms with E-state index in [1.165, 1.54) is 22.0 Å². The van der Waals surface area contributed by atoms with E-state index in [4.69, 9.17) is 0 Å². The van der Waals surface area contributed by atoms with Crippen LogP contribution in [0.15, 0.2) is 33.9 Å². The van der Waals surface area contributed by atoms with E-state index in [-0.39, 0.29) is 17.1 Å². The lowest BCUT2D eigenvalue weighted by Gasteiger charge is -2.36. The second-order valence-electron chi connectivity index (χ2n) is 7.60. The van der Waals surface area contributed by atoms with Crippen molar-refractivity contribution in [3.8, 4) is 0 Å². The predicted octanol–water partition coefficient (Wildman–Crippen LogP) is 1.44. The van der Waals surface area contributed by atoms with E-state index >= 15 is 0 Å². The molecule has 1 fully saturated rings. The van der Waals surface area contributed by atoms with E-state index in [1.807, 2.05) is 11.0 Å². The van der Waals surface area contributed by atoms with Gasteiger partial charge in [0, 0.05) is 44.1 Å². The molecule has 31 heavy (non-hydrogen) atoms. The van der Waals surface area contributed by atoms with Crippen LogP contribution >= 0.6 is 11.3 Å². The first-order valence-electron chi connectivity index (χ1n) is 10.3. The smallest absolute Gasteiger partial charge is 0.329 e. The number of hydrogen-bond donors (Lipinski definition) is 3. The van der Waals surface area contributed by atoms with Crippen LogP contribution < -0.4 is 21.5 Å². The topological polar surface area (TPSA) is 93.6 Å². The summed E-state index contributed by atoms with van der Waals surface area (Å²) in [5.74, 6) is -0.346. The molecule has 8 nitrogen and oxygen atoms in total. The number of H-pyrrole nitrogens is 1. The van der Waals surface area contributed by atoms with Crippen molar-refractivity contribution in [1.29, 1.82) is 0 Å². The van der Waals surface area contributed by atoms with E-state index in [1.54, 1.807) is 26.1 Å². The Balaban J connectivity index is 1.43. The number of aromatic nitrogens is 2. The molecule has 0 radical (unpaired) electrons. The fourth-order valence-corrected chi connectivity index (χ4v) is 5.03. The van der Waals surface area contributed by atoms with Crippen LogP contribution in [-0.2, 0) is 13.1 Å². The van der Waals surface area contributed by atoms with Gasteiger partial charge in [0.1, 0.15) is 16.9 Å². The van der Waals surface area contributed by atoms with Gasteiger partial charge in [-0.1, -0.05) is 6.07 Å². The third-order valence-electron chi connectivity index (χ3n) is 5.69. The highest BCUT2D eigenvalue weighted by molar-refractivity contribution is 7.18. The minimum absolute atomic E-state index is 0.254. The summed E-state index contributed by atoms with van der Waals surface area (Å²) in [6.45, 7) is 5.65. The maximum absolute atomic E-state index is 14.6. The fourth-order valence-electron chi connectivity index (χ4n) is 3.94. The zero-order chi connectivity index (χ0) is 22.1. The fraction of sp³-hybridized carbons (Fsp3) is 0.429. The lowest BCUT2D eigenvalue weighted by Crippen LogP contribution is -2.46. The predicted molar refractivity (Wildman–Crippen MR) is 120 cm³/mol. The van der Waals surface area contributed by atoms with Crippen molar-refractivity contribution in [2.24, 2.45) is 0 Å². The Bertz CT molecular complexity index is 1200. The number of aromatic amines is 1. The van der Waals surface area contributed by atoms with Crippen molar-refractivity contribution < 1.29 is 9.50 Å². The maximum atomic E-state index is 14.6. The van der Waals surface area contributed by atoms with Crippen molar-refractivity contribution in [1.82, 2.24) is 19.8 Å². The van der Waals surface area contributed by atoms with Gasteiger partial charge in [0.25, 0.3) is 5.56 Å². The lowest BCUT2D eigenvalue weighted by molar-refractivity contribution is 0.149. The summed E-state index contributed by atoms with van der Waals surface area (Å²) in [4.78, 5) is 33.2. The third kappa shape index (κ3) is 4.29. The average molecular weight is 448 g/mol. The van der Waals surface area contributed by atoms with Crippen molar-refractivity contribution in [3.05, 3.63) is 61.4 Å². The largest absolute Gasteiger partial charge is 0.374 e. The highest BCUT2D eigenvalue weighted by Crippen LogP contribution is 2.26. The van der Waals surface area contributed by atoms with Crippen LogP contribution in [0.5, 0.6) is 0 Å². The van der Waals surface area contributed by atoms with Gasteiger partial charge < -0.3 is 10.0 Å². The molecule has 3 N–H and O–H groups in total. The summed E-state index contributed by atoms with van der Waals surface area (Å²) in [6, 6.07) is 6.67. The molecule has 1 aliphatic heterocycles. The number of anilines is 1. The number of fused-ring (bicyclic) bond motifs is 1. The standard InChI is InChI=1S/C21H26FN5O3S/c1-3-27-20(29)15-11-14(31-19(15)24-21(27)30)12-25-6-8-26(9-7-25)17-5-4-13(10-16(17)22)18(28)23-2/h4-5,10-11,18,23,28H,3,6-9,12H2,1-2H3,(H,24,30). The first kappa shape index (κ1) is 21.7. The Morgan fingerprint density at radius 1 is 1.23 bits per heavy atom. The average Bonchev–Trinajstić information content (AvgIpc) is 3.16. The number of aliphatic hydroxyl groups is 1. The monoisotopic (exact) mass is 447 g/mol. The third-order valence-corrected chi connectivity index (χ3v) is 6.73. The molecule has 0 saturated carbocycles. The SMILES string of the molecule is CCn1c(=O)[nH]c2sc(CN3CCN(c4ccc(C(O)NC)cc4F)CC3)cc2c1=O. The molecule has 0 spiro atoms. The van der Waals surface area contributed by atoms with Crippen LogP contribution in [0.3, 0.4) is 0 Å². The van der Waals surface area contributed by atoms with Gasteiger partial charge >= 0.3 is 5.69 Å². The van der Waals surface area contributed by atoms with Crippen molar-refractivity contribution in [3.63, 3.8) is 0 Å². The Labute approximate surface area is 182 Å². The molecule has 3 aromatic rings. The summed E-state index contributed by atoms with van der Waals surface area (Å²) in [5, 5.41) is 13.0. The van der Waals surface area contributed by atoms with Crippen molar-refractivity contribution in [2.75, 3.05) is 38.1 Å². The van der Waals surface area contributed by atoms with Crippen molar-refractivity contribution in [2.45, 2.75) is 26.2 Å². The minimum Gasteiger partial charge on any atom is -0.374 e. The highest BCUT2D eigenvalue weighted by atomic mass is 32.1. The summed E-state index contributed by atoms with van der Waals surface area (Å²) >= 11 is 1.43. The number of piperazine rings is 1. The number of aliphatic hydroxyl groups excluding tert-OH is 1. The number of halogens is 1. The Morgan fingerprint density at radius 3 is 2.61 bits per heavy atom. The highest BCUT2D eigenvalue weighted by Gasteiger charge is 2.21. The molecule has 2 aromatic heterocycles. The van der Waals surface area contributed by atoms with Gasteiger partial charge in [-0.15, -0.1) is 11.3 Å².